The van der Waals surface area contributed by atoms with Gasteiger partial charge in [0.15, 0.2) is 5.11 Å². The van der Waals surface area contributed by atoms with Gasteiger partial charge in [-0.25, -0.2) is 0 Å². The SMILES string of the molecule is CCCCNC(=S)N1CCNCC1. The summed E-state index contributed by atoms with van der Waals surface area (Å²) in [6.45, 7) is 7.38. The van der Waals surface area contributed by atoms with Crippen molar-refractivity contribution < 1.29 is 0 Å². The van der Waals surface area contributed by atoms with Crippen molar-refractivity contribution >= 4 is 17.3 Å². The molecule has 0 aliphatic carbocycles. The van der Waals surface area contributed by atoms with Crippen LogP contribution in [0.15, 0.2) is 0 Å². The van der Waals surface area contributed by atoms with E-state index in [9.17, 15) is 0 Å². The number of unbranched alkanes of at least 4 members (excludes halogenated alkanes) is 1. The van der Waals surface area contributed by atoms with E-state index in [-0.39, 0.29) is 0 Å². The van der Waals surface area contributed by atoms with Crippen LogP contribution in [-0.2, 0) is 0 Å². The molecule has 0 unspecified atom stereocenters. The molecule has 0 saturated carbocycles. The molecule has 0 aromatic heterocycles. The predicted octanol–water partition coefficient (Wildman–Crippen LogP) is 0.566. The zero-order valence-corrected chi connectivity index (χ0v) is 9.12. The maximum absolute atomic E-state index is 5.27. The van der Waals surface area contributed by atoms with Crippen LogP contribution in [0.3, 0.4) is 0 Å². The third kappa shape index (κ3) is 3.91. The summed E-state index contributed by atoms with van der Waals surface area (Å²) in [5, 5.41) is 7.52. The molecule has 1 heterocycles. The minimum absolute atomic E-state index is 0.926. The van der Waals surface area contributed by atoms with Gasteiger partial charge in [0, 0.05) is 32.7 Å². The maximum Gasteiger partial charge on any atom is 0.169 e. The van der Waals surface area contributed by atoms with Crippen LogP contribution < -0.4 is 10.6 Å². The molecule has 1 fully saturated rings. The van der Waals surface area contributed by atoms with Crippen molar-refractivity contribution in [2.24, 2.45) is 0 Å². The molecule has 0 bridgehead atoms. The minimum atomic E-state index is 0.926. The fourth-order valence-corrected chi connectivity index (χ4v) is 1.64. The first-order valence-corrected chi connectivity index (χ1v) is 5.49. The molecule has 0 atom stereocenters. The summed E-state index contributed by atoms with van der Waals surface area (Å²) in [6.07, 6.45) is 2.42. The monoisotopic (exact) mass is 201 g/mol. The van der Waals surface area contributed by atoms with Gasteiger partial charge >= 0.3 is 0 Å². The van der Waals surface area contributed by atoms with Crippen molar-refractivity contribution in [2.45, 2.75) is 19.8 Å². The van der Waals surface area contributed by atoms with Crippen molar-refractivity contribution in [3.8, 4) is 0 Å². The fraction of sp³-hybridized carbons (Fsp3) is 0.889. The van der Waals surface area contributed by atoms with Gasteiger partial charge in [-0.3, -0.25) is 0 Å². The molecule has 1 aliphatic rings. The molecule has 0 radical (unpaired) electrons. The Morgan fingerprint density at radius 1 is 1.46 bits per heavy atom. The van der Waals surface area contributed by atoms with Crippen LogP contribution >= 0.6 is 12.2 Å². The van der Waals surface area contributed by atoms with E-state index in [1.165, 1.54) is 12.8 Å². The van der Waals surface area contributed by atoms with Gasteiger partial charge in [-0.2, -0.15) is 0 Å². The van der Waals surface area contributed by atoms with Gasteiger partial charge in [0.2, 0.25) is 0 Å². The highest BCUT2D eigenvalue weighted by atomic mass is 32.1. The summed E-state index contributed by atoms with van der Waals surface area (Å²) in [6, 6.07) is 0. The summed E-state index contributed by atoms with van der Waals surface area (Å²) < 4.78 is 0. The van der Waals surface area contributed by atoms with Gasteiger partial charge in [-0.1, -0.05) is 13.3 Å². The summed E-state index contributed by atoms with van der Waals surface area (Å²) in [5.74, 6) is 0. The second-order valence-electron chi connectivity index (χ2n) is 3.32. The van der Waals surface area contributed by atoms with Crippen molar-refractivity contribution in [2.75, 3.05) is 32.7 Å². The second kappa shape index (κ2) is 6.16. The molecule has 0 aromatic carbocycles. The van der Waals surface area contributed by atoms with E-state index in [1.54, 1.807) is 0 Å². The van der Waals surface area contributed by atoms with E-state index in [0.29, 0.717) is 0 Å². The highest BCUT2D eigenvalue weighted by Gasteiger charge is 2.11. The quantitative estimate of drug-likeness (QED) is 0.515. The average molecular weight is 201 g/mol. The van der Waals surface area contributed by atoms with Gasteiger partial charge in [-0.05, 0) is 18.6 Å². The average Bonchev–Trinajstić information content (AvgIpc) is 2.19. The van der Waals surface area contributed by atoms with E-state index >= 15 is 0 Å². The third-order valence-electron chi connectivity index (χ3n) is 2.21. The Hall–Kier alpha value is -0.350. The highest BCUT2D eigenvalue weighted by molar-refractivity contribution is 7.80. The molecule has 1 rings (SSSR count). The van der Waals surface area contributed by atoms with Gasteiger partial charge < -0.3 is 15.5 Å². The normalized spacial score (nSPS) is 17.2. The number of nitrogens with one attached hydrogen (secondary N) is 2. The lowest BCUT2D eigenvalue weighted by Crippen LogP contribution is -2.50. The molecule has 0 amide bonds. The van der Waals surface area contributed by atoms with Crippen LogP contribution in [0.2, 0.25) is 0 Å². The molecule has 76 valence electrons. The summed E-state index contributed by atoms with van der Waals surface area (Å²) in [4.78, 5) is 2.24. The first-order chi connectivity index (χ1) is 6.34. The largest absolute Gasteiger partial charge is 0.363 e. The van der Waals surface area contributed by atoms with E-state index in [4.69, 9.17) is 12.2 Å². The van der Waals surface area contributed by atoms with Crippen LogP contribution in [0.4, 0.5) is 0 Å². The van der Waals surface area contributed by atoms with Gasteiger partial charge in [-0.15, -0.1) is 0 Å². The summed E-state index contributed by atoms with van der Waals surface area (Å²) >= 11 is 5.27. The van der Waals surface area contributed by atoms with Crippen LogP contribution in [0.25, 0.3) is 0 Å². The lowest BCUT2D eigenvalue weighted by Gasteiger charge is -2.29. The number of hydrogen-bond acceptors (Lipinski definition) is 2. The van der Waals surface area contributed by atoms with Crippen molar-refractivity contribution in [1.82, 2.24) is 15.5 Å². The van der Waals surface area contributed by atoms with Crippen LogP contribution in [0.1, 0.15) is 19.8 Å². The second-order valence-corrected chi connectivity index (χ2v) is 3.71. The van der Waals surface area contributed by atoms with Crippen molar-refractivity contribution in [3.05, 3.63) is 0 Å². The van der Waals surface area contributed by atoms with E-state index in [2.05, 4.69) is 22.5 Å². The summed E-state index contributed by atoms with van der Waals surface area (Å²) in [7, 11) is 0. The number of thiocarbonyl (C=S) groups is 1. The first kappa shape index (κ1) is 10.7. The van der Waals surface area contributed by atoms with Crippen LogP contribution in [-0.4, -0.2) is 42.7 Å². The molecular weight excluding hydrogens is 182 g/mol. The van der Waals surface area contributed by atoms with Crippen LogP contribution in [0, 0.1) is 0 Å². The van der Waals surface area contributed by atoms with Gasteiger partial charge in [0.05, 0.1) is 0 Å². The minimum Gasteiger partial charge on any atom is -0.363 e. The Bertz CT molecular complexity index is 155. The lowest BCUT2D eigenvalue weighted by atomic mass is 10.3. The number of piperazine rings is 1. The first-order valence-electron chi connectivity index (χ1n) is 5.08. The van der Waals surface area contributed by atoms with E-state index in [1.807, 2.05) is 0 Å². The zero-order chi connectivity index (χ0) is 9.52. The standard InChI is InChI=1S/C9H19N3S/c1-2-3-4-11-9(13)12-7-5-10-6-8-12/h10H,2-8H2,1H3,(H,11,13). The molecule has 0 spiro atoms. The highest BCUT2D eigenvalue weighted by Crippen LogP contribution is 1.93. The van der Waals surface area contributed by atoms with Crippen molar-refractivity contribution in [1.29, 1.82) is 0 Å². The Morgan fingerprint density at radius 3 is 2.77 bits per heavy atom. The number of rotatable bonds is 3. The Labute approximate surface area is 85.9 Å². The molecule has 2 N–H and O–H groups in total. The number of hydrogen-bond donors (Lipinski definition) is 2. The molecule has 1 saturated heterocycles. The molecule has 13 heavy (non-hydrogen) atoms. The molecule has 3 nitrogen and oxygen atoms in total. The summed E-state index contributed by atoms with van der Waals surface area (Å²) in [5.41, 5.74) is 0. The molecule has 4 heteroatoms. The fourth-order valence-electron chi connectivity index (χ4n) is 1.35. The Kier molecular flexibility index (Phi) is 5.08. The van der Waals surface area contributed by atoms with Gasteiger partial charge in [0.25, 0.3) is 0 Å². The van der Waals surface area contributed by atoms with E-state index in [0.717, 1.165) is 37.8 Å². The third-order valence-corrected chi connectivity index (χ3v) is 2.61. The van der Waals surface area contributed by atoms with Crippen molar-refractivity contribution in [3.63, 3.8) is 0 Å². The smallest absolute Gasteiger partial charge is 0.169 e. The topological polar surface area (TPSA) is 27.3 Å². The lowest BCUT2D eigenvalue weighted by molar-refractivity contribution is 0.352. The number of nitrogens with zero attached hydrogens (tertiary/aromatic N) is 1. The van der Waals surface area contributed by atoms with Gasteiger partial charge in [0.1, 0.15) is 0 Å². The predicted molar refractivity (Wildman–Crippen MR) is 60.0 cm³/mol. The molecule has 0 aromatic rings. The zero-order valence-electron chi connectivity index (χ0n) is 8.31. The molecule has 1 aliphatic heterocycles. The van der Waals surface area contributed by atoms with E-state index < -0.39 is 0 Å². The van der Waals surface area contributed by atoms with Crippen LogP contribution in [0.5, 0.6) is 0 Å². The Balaban J connectivity index is 2.13. The maximum atomic E-state index is 5.27. The molecular formula is C9H19N3S. The Morgan fingerprint density at radius 2 is 2.15 bits per heavy atom.